The number of carbonyl (C=O) groups excluding carboxylic acids is 2. The number of nitro groups is 1. The number of ether oxygens (including phenoxy) is 1. The number of nitrogens with zero attached hydrogens (tertiary/aromatic N) is 1. The summed E-state index contributed by atoms with van der Waals surface area (Å²) in [5.74, 6) is -0.929. The third-order valence-corrected chi connectivity index (χ3v) is 3.88. The van der Waals surface area contributed by atoms with E-state index >= 15 is 0 Å². The molecule has 1 aliphatic rings. The van der Waals surface area contributed by atoms with Crippen molar-refractivity contribution < 1.29 is 19.2 Å². The summed E-state index contributed by atoms with van der Waals surface area (Å²) in [6.45, 7) is 1.53. The Labute approximate surface area is 139 Å². The lowest BCUT2D eigenvalue weighted by atomic mass is 10.2. The molecule has 7 heteroatoms. The van der Waals surface area contributed by atoms with Gasteiger partial charge in [-0.15, -0.1) is 0 Å². The highest BCUT2D eigenvalue weighted by Gasteiger charge is 2.22. The van der Waals surface area contributed by atoms with E-state index in [4.69, 9.17) is 4.74 Å². The summed E-state index contributed by atoms with van der Waals surface area (Å²) >= 11 is 0. The van der Waals surface area contributed by atoms with E-state index in [1.165, 1.54) is 43.3 Å². The summed E-state index contributed by atoms with van der Waals surface area (Å²) in [7, 11) is 0. The molecule has 1 N–H and O–H groups in total. The lowest BCUT2D eigenvalue weighted by Crippen LogP contribution is -2.40. The Morgan fingerprint density at radius 2 is 1.92 bits per heavy atom. The molecular formula is C17H20N2O5. The van der Waals surface area contributed by atoms with Gasteiger partial charge in [0.2, 0.25) is 0 Å². The number of nitro benzene ring substituents is 1. The molecule has 2 rings (SSSR count). The van der Waals surface area contributed by atoms with Gasteiger partial charge in [-0.2, -0.15) is 0 Å². The van der Waals surface area contributed by atoms with Crippen molar-refractivity contribution in [3.8, 4) is 0 Å². The van der Waals surface area contributed by atoms with Gasteiger partial charge in [-0.1, -0.05) is 12.8 Å². The molecule has 1 aromatic rings. The molecule has 0 aromatic heterocycles. The van der Waals surface area contributed by atoms with E-state index in [0.29, 0.717) is 5.56 Å². The van der Waals surface area contributed by atoms with E-state index in [9.17, 15) is 19.7 Å². The van der Waals surface area contributed by atoms with E-state index in [1.54, 1.807) is 0 Å². The Morgan fingerprint density at radius 3 is 2.50 bits per heavy atom. The zero-order chi connectivity index (χ0) is 17.5. The average Bonchev–Trinajstić information content (AvgIpc) is 3.06. The van der Waals surface area contributed by atoms with Gasteiger partial charge in [0.15, 0.2) is 6.10 Å². The third kappa shape index (κ3) is 5.19. The van der Waals surface area contributed by atoms with Gasteiger partial charge >= 0.3 is 5.97 Å². The zero-order valence-corrected chi connectivity index (χ0v) is 13.4. The zero-order valence-electron chi connectivity index (χ0n) is 13.4. The number of benzene rings is 1. The molecule has 1 amide bonds. The molecule has 0 aliphatic heterocycles. The van der Waals surface area contributed by atoms with Crippen LogP contribution < -0.4 is 5.32 Å². The van der Waals surface area contributed by atoms with Crippen LogP contribution in [0.3, 0.4) is 0 Å². The predicted octanol–water partition coefficient (Wildman–Crippen LogP) is 2.60. The molecule has 128 valence electrons. The van der Waals surface area contributed by atoms with Crippen molar-refractivity contribution in [3.05, 3.63) is 46.0 Å². The van der Waals surface area contributed by atoms with Gasteiger partial charge in [0.25, 0.3) is 11.6 Å². The van der Waals surface area contributed by atoms with E-state index in [1.807, 2.05) is 0 Å². The molecule has 1 aliphatic carbocycles. The number of rotatable bonds is 6. The largest absolute Gasteiger partial charge is 0.449 e. The molecule has 1 atom stereocenters. The van der Waals surface area contributed by atoms with Gasteiger partial charge in [-0.25, -0.2) is 4.79 Å². The number of amides is 1. The third-order valence-electron chi connectivity index (χ3n) is 3.88. The molecule has 0 saturated heterocycles. The SMILES string of the molecule is C[C@@H](OC(=O)/C=C/c1ccc([N+](=O)[O-])cc1)C(=O)NC1CCCC1. The minimum Gasteiger partial charge on any atom is -0.449 e. The Morgan fingerprint density at radius 1 is 1.29 bits per heavy atom. The van der Waals surface area contributed by atoms with Crippen LogP contribution in [0, 0.1) is 10.1 Å². The molecule has 0 radical (unpaired) electrons. The fourth-order valence-corrected chi connectivity index (χ4v) is 2.53. The maximum Gasteiger partial charge on any atom is 0.331 e. The van der Waals surface area contributed by atoms with Crippen LogP contribution in [0.4, 0.5) is 5.69 Å². The normalized spacial score (nSPS) is 16.0. The molecule has 24 heavy (non-hydrogen) atoms. The lowest BCUT2D eigenvalue weighted by molar-refractivity contribution is -0.384. The number of carbonyl (C=O) groups is 2. The van der Waals surface area contributed by atoms with Crippen molar-refractivity contribution in [3.63, 3.8) is 0 Å². The Bertz CT molecular complexity index is 633. The first-order valence-electron chi connectivity index (χ1n) is 7.89. The highest BCUT2D eigenvalue weighted by Crippen LogP contribution is 2.18. The molecular weight excluding hydrogens is 312 g/mol. The van der Waals surface area contributed by atoms with Crippen LogP contribution in [-0.2, 0) is 14.3 Å². The second-order valence-corrected chi connectivity index (χ2v) is 5.75. The number of non-ortho nitro benzene ring substituents is 1. The van der Waals surface area contributed by atoms with E-state index in [2.05, 4.69) is 5.32 Å². The quantitative estimate of drug-likeness (QED) is 0.374. The van der Waals surface area contributed by atoms with Crippen molar-refractivity contribution in [2.24, 2.45) is 0 Å². The summed E-state index contributed by atoms with van der Waals surface area (Å²) in [5, 5.41) is 13.4. The van der Waals surface area contributed by atoms with Gasteiger partial charge in [0.1, 0.15) is 0 Å². The number of hydrogen-bond donors (Lipinski definition) is 1. The highest BCUT2D eigenvalue weighted by atomic mass is 16.6. The molecule has 0 bridgehead atoms. The first-order chi connectivity index (χ1) is 11.5. The van der Waals surface area contributed by atoms with Gasteiger partial charge < -0.3 is 10.1 Å². The number of esters is 1. The number of nitrogens with one attached hydrogen (secondary N) is 1. The van der Waals surface area contributed by atoms with Crippen LogP contribution in [0.1, 0.15) is 38.2 Å². The fourth-order valence-electron chi connectivity index (χ4n) is 2.53. The van der Waals surface area contributed by atoms with E-state index in [0.717, 1.165) is 25.7 Å². The molecule has 1 aromatic carbocycles. The van der Waals surface area contributed by atoms with E-state index in [-0.39, 0.29) is 17.6 Å². The van der Waals surface area contributed by atoms with Crippen LogP contribution in [-0.4, -0.2) is 28.9 Å². The van der Waals surface area contributed by atoms with Gasteiger partial charge in [0.05, 0.1) is 4.92 Å². The van der Waals surface area contributed by atoms with Crippen LogP contribution >= 0.6 is 0 Å². The molecule has 0 spiro atoms. The predicted molar refractivity (Wildman–Crippen MR) is 88.1 cm³/mol. The first-order valence-corrected chi connectivity index (χ1v) is 7.89. The minimum absolute atomic E-state index is 0.0214. The van der Waals surface area contributed by atoms with Crippen LogP contribution in [0.5, 0.6) is 0 Å². The maximum atomic E-state index is 11.9. The summed E-state index contributed by atoms with van der Waals surface area (Å²) < 4.78 is 5.06. The minimum atomic E-state index is -0.861. The van der Waals surface area contributed by atoms with Gasteiger partial charge in [-0.3, -0.25) is 14.9 Å². The summed E-state index contributed by atoms with van der Waals surface area (Å²) in [6.07, 6.45) is 5.96. The molecule has 1 saturated carbocycles. The summed E-state index contributed by atoms with van der Waals surface area (Å²) in [4.78, 5) is 33.7. The Balaban J connectivity index is 1.82. The van der Waals surface area contributed by atoms with Crippen molar-refractivity contribution in [1.29, 1.82) is 0 Å². The second-order valence-electron chi connectivity index (χ2n) is 5.75. The monoisotopic (exact) mass is 332 g/mol. The van der Waals surface area contributed by atoms with Crippen LogP contribution in [0.25, 0.3) is 6.08 Å². The second kappa shape index (κ2) is 8.24. The lowest BCUT2D eigenvalue weighted by Gasteiger charge is -2.16. The van der Waals surface area contributed by atoms with Crippen molar-refractivity contribution >= 4 is 23.6 Å². The Kier molecular flexibility index (Phi) is 6.06. The molecule has 1 fully saturated rings. The van der Waals surface area contributed by atoms with Crippen LogP contribution in [0.2, 0.25) is 0 Å². The first kappa shape index (κ1) is 17.7. The van der Waals surface area contributed by atoms with Gasteiger partial charge in [0, 0.05) is 24.3 Å². The summed E-state index contributed by atoms with van der Waals surface area (Å²) in [6, 6.07) is 5.93. The number of hydrogen-bond acceptors (Lipinski definition) is 5. The van der Waals surface area contributed by atoms with Crippen molar-refractivity contribution in [1.82, 2.24) is 5.32 Å². The topological polar surface area (TPSA) is 98.5 Å². The smallest absolute Gasteiger partial charge is 0.331 e. The Hall–Kier alpha value is -2.70. The standard InChI is InChI=1S/C17H20N2O5/c1-12(17(21)18-14-4-2-3-5-14)24-16(20)11-8-13-6-9-15(10-7-13)19(22)23/h6-12,14H,2-5H2,1H3,(H,18,21)/b11-8+/t12-/m1/s1. The van der Waals surface area contributed by atoms with Crippen molar-refractivity contribution in [2.75, 3.05) is 0 Å². The molecule has 0 unspecified atom stereocenters. The van der Waals surface area contributed by atoms with E-state index < -0.39 is 17.0 Å². The highest BCUT2D eigenvalue weighted by molar-refractivity contribution is 5.90. The molecule has 0 heterocycles. The van der Waals surface area contributed by atoms with Gasteiger partial charge in [-0.05, 0) is 43.5 Å². The van der Waals surface area contributed by atoms with Crippen LogP contribution in [0.15, 0.2) is 30.3 Å². The average molecular weight is 332 g/mol. The molecule has 7 nitrogen and oxygen atoms in total. The van der Waals surface area contributed by atoms with Crippen molar-refractivity contribution in [2.45, 2.75) is 44.8 Å². The maximum absolute atomic E-state index is 11.9. The fraction of sp³-hybridized carbons (Fsp3) is 0.412. The summed E-state index contributed by atoms with van der Waals surface area (Å²) in [5.41, 5.74) is 0.604.